The van der Waals surface area contributed by atoms with Crippen molar-refractivity contribution >= 4 is 5.91 Å². The fraction of sp³-hybridized carbons (Fsp3) is 0.667. The van der Waals surface area contributed by atoms with Crippen LogP contribution in [-0.2, 0) is 7.05 Å². The van der Waals surface area contributed by atoms with E-state index < -0.39 is 0 Å². The van der Waals surface area contributed by atoms with Gasteiger partial charge >= 0.3 is 0 Å². The normalized spacial score (nSPS) is 24.6. The highest BCUT2D eigenvalue weighted by atomic mass is 16.3. The third kappa shape index (κ3) is 2.66. The lowest BCUT2D eigenvalue weighted by Gasteiger charge is -2.26. The number of nitrogens with zero attached hydrogens (tertiary/aromatic N) is 2. The van der Waals surface area contributed by atoms with E-state index in [0.29, 0.717) is 5.56 Å². The zero-order valence-electron chi connectivity index (χ0n) is 10.3. The summed E-state index contributed by atoms with van der Waals surface area (Å²) in [5, 5.41) is 16.5. The van der Waals surface area contributed by atoms with Crippen molar-refractivity contribution in [1.29, 1.82) is 0 Å². The maximum Gasteiger partial charge on any atom is 0.254 e. The average molecular weight is 237 g/mol. The zero-order chi connectivity index (χ0) is 12.4. The van der Waals surface area contributed by atoms with Crippen LogP contribution in [0.1, 0.15) is 41.7 Å². The van der Waals surface area contributed by atoms with E-state index in [2.05, 4.69) is 10.4 Å². The van der Waals surface area contributed by atoms with Crippen LogP contribution >= 0.6 is 0 Å². The van der Waals surface area contributed by atoms with Gasteiger partial charge in [-0.3, -0.25) is 9.48 Å². The van der Waals surface area contributed by atoms with Crippen molar-refractivity contribution in [3.05, 3.63) is 17.5 Å². The van der Waals surface area contributed by atoms with Gasteiger partial charge in [-0.1, -0.05) is 0 Å². The Kier molecular flexibility index (Phi) is 3.47. The number of hydrogen-bond donors (Lipinski definition) is 2. The van der Waals surface area contributed by atoms with Crippen LogP contribution in [0.5, 0.6) is 0 Å². The van der Waals surface area contributed by atoms with Crippen molar-refractivity contribution in [2.24, 2.45) is 7.05 Å². The van der Waals surface area contributed by atoms with Crippen LogP contribution in [0.3, 0.4) is 0 Å². The Balaban J connectivity index is 1.95. The van der Waals surface area contributed by atoms with E-state index >= 15 is 0 Å². The molecule has 2 N–H and O–H groups in total. The molecule has 1 saturated carbocycles. The third-order valence-corrected chi connectivity index (χ3v) is 3.51. The van der Waals surface area contributed by atoms with Crippen molar-refractivity contribution in [3.8, 4) is 0 Å². The first-order chi connectivity index (χ1) is 8.08. The molecule has 5 nitrogen and oxygen atoms in total. The summed E-state index contributed by atoms with van der Waals surface area (Å²) in [4.78, 5) is 12.0. The van der Waals surface area contributed by atoms with Gasteiger partial charge in [0, 0.05) is 18.8 Å². The van der Waals surface area contributed by atoms with Crippen molar-refractivity contribution in [2.45, 2.75) is 44.8 Å². The number of rotatable bonds is 2. The molecule has 5 heteroatoms. The number of nitrogens with one attached hydrogen (secondary N) is 1. The summed E-state index contributed by atoms with van der Waals surface area (Å²) in [6.45, 7) is 1.88. The number of aromatic nitrogens is 2. The quantitative estimate of drug-likeness (QED) is 0.798. The van der Waals surface area contributed by atoms with E-state index in [1.54, 1.807) is 10.9 Å². The Hall–Kier alpha value is -1.36. The highest BCUT2D eigenvalue weighted by molar-refractivity contribution is 5.95. The highest BCUT2D eigenvalue weighted by Gasteiger charge is 2.22. The lowest BCUT2D eigenvalue weighted by molar-refractivity contribution is 0.0867. The number of aryl methyl sites for hydroxylation is 1. The summed E-state index contributed by atoms with van der Waals surface area (Å²) in [6.07, 6.45) is 4.66. The summed E-state index contributed by atoms with van der Waals surface area (Å²) >= 11 is 0. The second-order valence-electron chi connectivity index (χ2n) is 4.75. The van der Waals surface area contributed by atoms with Crippen LogP contribution in [0, 0.1) is 6.92 Å². The topological polar surface area (TPSA) is 67.2 Å². The lowest BCUT2D eigenvalue weighted by atomic mass is 9.93. The van der Waals surface area contributed by atoms with Gasteiger partial charge in [-0.15, -0.1) is 0 Å². The third-order valence-electron chi connectivity index (χ3n) is 3.51. The number of amides is 1. The van der Waals surface area contributed by atoms with Gasteiger partial charge in [0.1, 0.15) is 0 Å². The van der Waals surface area contributed by atoms with E-state index in [4.69, 9.17) is 0 Å². The second kappa shape index (κ2) is 4.87. The molecule has 1 aliphatic rings. The largest absolute Gasteiger partial charge is 0.393 e. The maximum atomic E-state index is 12.0. The van der Waals surface area contributed by atoms with Gasteiger partial charge in [-0.05, 0) is 32.6 Å². The van der Waals surface area contributed by atoms with Crippen LogP contribution in [0.4, 0.5) is 0 Å². The smallest absolute Gasteiger partial charge is 0.254 e. The summed E-state index contributed by atoms with van der Waals surface area (Å²) < 4.78 is 1.69. The Morgan fingerprint density at radius 2 is 2.12 bits per heavy atom. The zero-order valence-corrected chi connectivity index (χ0v) is 10.3. The molecule has 1 fully saturated rings. The number of aliphatic hydroxyl groups excluding tert-OH is 1. The van der Waals surface area contributed by atoms with Crippen LogP contribution in [0.2, 0.25) is 0 Å². The predicted molar refractivity (Wildman–Crippen MR) is 63.7 cm³/mol. The summed E-state index contributed by atoms with van der Waals surface area (Å²) in [6, 6.07) is 0.186. The van der Waals surface area contributed by atoms with Crippen LogP contribution in [0.25, 0.3) is 0 Å². The van der Waals surface area contributed by atoms with Gasteiger partial charge < -0.3 is 10.4 Å². The molecule has 0 unspecified atom stereocenters. The Morgan fingerprint density at radius 3 is 2.65 bits per heavy atom. The Morgan fingerprint density at radius 1 is 1.47 bits per heavy atom. The van der Waals surface area contributed by atoms with Crippen LogP contribution < -0.4 is 5.32 Å². The molecule has 0 saturated heterocycles. The molecule has 0 bridgehead atoms. The molecule has 2 rings (SSSR count). The number of carbonyl (C=O) groups is 1. The summed E-state index contributed by atoms with van der Waals surface area (Å²) in [5.41, 5.74) is 1.51. The number of aliphatic hydroxyl groups is 1. The predicted octanol–water partition coefficient (Wildman–Crippen LogP) is 0.762. The first-order valence-corrected chi connectivity index (χ1v) is 6.05. The van der Waals surface area contributed by atoms with Crippen molar-refractivity contribution in [3.63, 3.8) is 0 Å². The van der Waals surface area contributed by atoms with Gasteiger partial charge in [0.05, 0.1) is 17.9 Å². The molecular weight excluding hydrogens is 218 g/mol. The fourth-order valence-electron chi connectivity index (χ4n) is 2.20. The molecule has 0 radical (unpaired) electrons. The SMILES string of the molecule is Cc1c(C(=O)NC2CCC(O)CC2)cnn1C. The van der Waals surface area contributed by atoms with E-state index in [-0.39, 0.29) is 18.1 Å². The van der Waals surface area contributed by atoms with Gasteiger partial charge in [-0.2, -0.15) is 5.10 Å². The van der Waals surface area contributed by atoms with Crippen molar-refractivity contribution in [1.82, 2.24) is 15.1 Å². The molecule has 0 aromatic carbocycles. The van der Waals surface area contributed by atoms with Gasteiger partial charge in [0.2, 0.25) is 0 Å². The van der Waals surface area contributed by atoms with Gasteiger partial charge in [-0.25, -0.2) is 0 Å². The molecule has 1 aromatic rings. The molecule has 0 aliphatic heterocycles. The molecule has 1 amide bonds. The molecule has 1 heterocycles. The number of carbonyl (C=O) groups excluding carboxylic acids is 1. The molecule has 0 atom stereocenters. The molecule has 94 valence electrons. The lowest BCUT2D eigenvalue weighted by Crippen LogP contribution is -2.38. The highest BCUT2D eigenvalue weighted by Crippen LogP contribution is 2.19. The minimum atomic E-state index is -0.191. The first-order valence-electron chi connectivity index (χ1n) is 6.05. The van der Waals surface area contributed by atoms with E-state index in [9.17, 15) is 9.90 Å². The van der Waals surface area contributed by atoms with E-state index in [1.807, 2.05) is 14.0 Å². The molecule has 1 aromatic heterocycles. The van der Waals surface area contributed by atoms with Gasteiger partial charge in [0.15, 0.2) is 0 Å². The minimum absolute atomic E-state index is 0.0583. The second-order valence-corrected chi connectivity index (χ2v) is 4.75. The maximum absolute atomic E-state index is 12.0. The molecular formula is C12H19N3O2. The summed E-state index contributed by atoms with van der Waals surface area (Å²) in [7, 11) is 1.82. The van der Waals surface area contributed by atoms with Crippen molar-refractivity contribution in [2.75, 3.05) is 0 Å². The average Bonchev–Trinajstić information content (AvgIpc) is 2.63. The fourth-order valence-corrected chi connectivity index (χ4v) is 2.20. The van der Waals surface area contributed by atoms with Crippen LogP contribution in [0.15, 0.2) is 6.20 Å². The monoisotopic (exact) mass is 237 g/mol. The molecule has 0 spiro atoms. The van der Waals surface area contributed by atoms with Gasteiger partial charge in [0.25, 0.3) is 5.91 Å². The van der Waals surface area contributed by atoms with Crippen LogP contribution in [-0.4, -0.2) is 32.9 Å². The van der Waals surface area contributed by atoms with E-state index in [1.165, 1.54) is 0 Å². The summed E-state index contributed by atoms with van der Waals surface area (Å²) in [5.74, 6) is -0.0583. The standard InChI is InChI=1S/C12H19N3O2/c1-8-11(7-13-15(8)2)12(17)14-9-3-5-10(16)6-4-9/h7,9-10,16H,3-6H2,1-2H3,(H,14,17). The Bertz CT molecular complexity index is 406. The van der Waals surface area contributed by atoms with E-state index in [0.717, 1.165) is 31.4 Å². The Labute approximate surface area is 101 Å². The minimum Gasteiger partial charge on any atom is -0.393 e. The molecule has 1 aliphatic carbocycles. The number of hydrogen-bond acceptors (Lipinski definition) is 3. The first kappa shape index (κ1) is 12.1. The molecule has 17 heavy (non-hydrogen) atoms. The van der Waals surface area contributed by atoms with Crippen molar-refractivity contribution < 1.29 is 9.90 Å².